The van der Waals surface area contributed by atoms with Crippen LogP contribution in [0.25, 0.3) is 0 Å². The lowest BCUT2D eigenvalue weighted by atomic mass is 9.58. The van der Waals surface area contributed by atoms with Crippen LogP contribution in [0.1, 0.15) is 54.6 Å². The summed E-state index contributed by atoms with van der Waals surface area (Å²) in [5, 5.41) is 3.58. The normalized spacial score (nSPS) is 35.0. The molecule has 4 aliphatic rings. The molecule has 6 rings (SSSR count). The van der Waals surface area contributed by atoms with E-state index in [1.165, 1.54) is 30.4 Å². The summed E-state index contributed by atoms with van der Waals surface area (Å²) in [4.78, 5) is 16.2. The number of Topliss-reactive ketones (excluding diaryl/α,β-unsaturated/α-hetero) is 1. The fourth-order valence-corrected chi connectivity index (χ4v) is 6.30. The SMILES string of the molecule is C[C@H]1[C@H]2C(=O)c3ccc(NCc4ccccc4)cc3[C@]1(C)C1CC1N2CC1CC1. The molecular weight excluding hydrogens is 356 g/mol. The van der Waals surface area contributed by atoms with E-state index in [0.717, 1.165) is 30.3 Å². The standard InChI is InChI=1S/C26H30N2O/c1-16-24-25(29)20-11-10-19(27-14-17-6-4-3-5-7-17)12-21(20)26(16,2)22-13-23(22)28(24)15-18-8-9-18/h3-7,10-12,16,18,22-24,27H,8-9,13-15H2,1-2H3/t16-,22?,23?,24-,26+/m0/s1. The lowest BCUT2D eigenvalue weighted by Gasteiger charge is -2.53. The summed E-state index contributed by atoms with van der Waals surface area (Å²) in [6.07, 6.45) is 3.97. The van der Waals surface area contributed by atoms with Gasteiger partial charge in [-0.25, -0.2) is 0 Å². The molecule has 1 N–H and O–H groups in total. The number of likely N-dealkylation sites (tertiary alicyclic amines) is 1. The number of carbonyl (C=O) groups is 1. The van der Waals surface area contributed by atoms with Gasteiger partial charge in [-0.2, -0.15) is 0 Å². The fourth-order valence-electron chi connectivity index (χ4n) is 6.30. The summed E-state index contributed by atoms with van der Waals surface area (Å²) in [6, 6.07) is 17.7. The number of rotatable bonds is 5. The molecule has 2 saturated carbocycles. The zero-order valence-electron chi connectivity index (χ0n) is 17.4. The van der Waals surface area contributed by atoms with Crippen molar-refractivity contribution in [2.75, 3.05) is 11.9 Å². The molecule has 2 aromatic carbocycles. The van der Waals surface area contributed by atoms with Crippen LogP contribution in [0.3, 0.4) is 0 Å². The molecule has 3 fully saturated rings. The second kappa shape index (κ2) is 6.18. The van der Waals surface area contributed by atoms with Crippen molar-refractivity contribution in [3.63, 3.8) is 0 Å². The van der Waals surface area contributed by atoms with Gasteiger partial charge in [0.1, 0.15) is 0 Å². The predicted octanol–water partition coefficient (Wildman–Crippen LogP) is 4.87. The van der Waals surface area contributed by atoms with Crippen LogP contribution in [-0.2, 0) is 12.0 Å². The molecule has 2 aromatic rings. The number of ketones is 1. The lowest BCUT2D eigenvalue weighted by Crippen LogP contribution is -2.61. The summed E-state index contributed by atoms with van der Waals surface area (Å²) >= 11 is 0. The average molecular weight is 387 g/mol. The Morgan fingerprint density at radius 1 is 1.14 bits per heavy atom. The van der Waals surface area contributed by atoms with Crippen molar-refractivity contribution in [2.24, 2.45) is 17.8 Å². The van der Waals surface area contributed by atoms with Crippen molar-refractivity contribution in [3.05, 3.63) is 65.2 Å². The van der Waals surface area contributed by atoms with Crippen LogP contribution < -0.4 is 5.32 Å². The number of nitrogens with one attached hydrogen (secondary N) is 1. The molecule has 0 radical (unpaired) electrons. The second-order valence-electron chi connectivity index (χ2n) is 10.0. The first-order valence-electron chi connectivity index (χ1n) is 11.3. The highest BCUT2D eigenvalue weighted by Gasteiger charge is 2.66. The molecule has 5 atom stereocenters. The molecule has 3 nitrogen and oxygen atoms in total. The third-order valence-electron chi connectivity index (χ3n) is 8.37. The van der Waals surface area contributed by atoms with Crippen LogP contribution in [-0.4, -0.2) is 29.3 Å². The van der Waals surface area contributed by atoms with Gasteiger partial charge in [0.2, 0.25) is 0 Å². The van der Waals surface area contributed by atoms with Crippen molar-refractivity contribution in [3.8, 4) is 0 Å². The van der Waals surface area contributed by atoms with Gasteiger partial charge in [-0.05, 0) is 66.3 Å². The first kappa shape index (κ1) is 17.7. The first-order valence-corrected chi connectivity index (χ1v) is 11.3. The molecule has 0 aromatic heterocycles. The maximum Gasteiger partial charge on any atom is 0.180 e. The summed E-state index contributed by atoms with van der Waals surface area (Å²) in [5.41, 5.74) is 4.79. The Hall–Kier alpha value is -2.13. The Morgan fingerprint density at radius 2 is 1.93 bits per heavy atom. The van der Waals surface area contributed by atoms with Gasteiger partial charge in [-0.3, -0.25) is 9.69 Å². The number of piperidine rings is 1. The number of anilines is 1. The van der Waals surface area contributed by atoms with Crippen LogP contribution >= 0.6 is 0 Å². The van der Waals surface area contributed by atoms with Crippen molar-refractivity contribution in [1.29, 1.82) is 0 Å². The molecule has 3 heteroatoms. The molecule has 1 heterocycles. The second-order valence-corrected chi connectivity index (χ2v) is 10.0. The maximum absolute atomic E-state index is 13.6. The highest BCUT2D eigenvalue weighted by atomic mass is 16.1. The van der Waals surface area contributed by atoms with Crippen molar-refractivity contribution in [2.45, 2.75) is 57.2 Å². The highest BCUT2D eigenvalue weighted by Crippen LogP contribution is 2.63. The molecule has 0 amide bonds. The van der Waals surface area contributed by atoms with Gasteiger partial charge in [0.05, 0.1) is 6.04 Å². The van der Waals surface area contributed by atoms with Gasteiger partial charge in [-0.1, -0.05) is 44.2 Å². The van der Waals surface area contributed by atoms with Crippen LogP contribution in [0.2, 0.25) is 0 Å². The minimum atomic E-state index is 0.0833. The maximum atomic E-state index is 13.6. The third-order valence-corrected chi connectivity index (χ3v) is 8.37. The van der Waals surface area contributed by atoms with Gasteiger partial charge < -0.3 is 5.32 Å². The molecule has 150 valence electrons. The predicted molar refractivity (Wildman–Crippen MR) is 116 cm³/mol. The Morgan fingerprint density at radius 3 is 2.69 bits per heavy atom. The smallest absolute Gasteiger partial charge is 0.180 e. The number of benzene rings is 2. The molecule has 2 unspecified atom stereocenters. The minimum absolute atomic E-state index is 0.0833. The highest BCUT2D eigenvalue weighted by molar-refractivity contribution is 6.04. The summed E-state index contributed by atoms with van der Waals surface area (Å²) in [7, 11) is 0. The summed E-state index contributed by atoms with van der Waals surface area (Å²) in [6.45, 7) is 6.73. The Bertz CT molecular complexity index is 966. The number of carbonyl (C=O) groups excluding carboxylic acids is 1. The summed E-state index contributed by atoms with van der Waals surface area (Å²) in [5.74, 6) is 2.29. The monoisotopic (exact) mass is 386 g/mol. The Kier molecular flexibility index (Phi) is 3.78. The number of hydrogen-bond acceptors (Lipinski definition) is 3. The van der Waals surface area contributed by atoms with E-state index in [0.29, 0.717) is 23.7 Å². The summed E-state index contributed by atoms with van der Waals surface area (Å²) < 4.78 is 0. The van der Waals surface area contributed by atoms with E-state index in [4.69, 9.17) is 0 Å². The van der Waals surface area contributed by atoms with Gasteiger partial charge in [-0.15, -0.1) is 0 Å². The molecule has 29 heavy (non-hydrogen) atoms. The van der Waals surface area contributed by atoms with Crippen LogP contribution in [0.4, 0.5) is 5.69 Å². The van der Waals surface area contributed by atoms with Crippen LogP contribution in [0.15, 0.2) is 48.5 Å². The quantitative estimate of drug-likeness (QED) is 0.795. The van der Waals surface area contributed by atoms with Gasteiger partial charge in [0.15, 0.2) is 5.78 Å². The van der Waals surface area contributed by atoms with E-state index in [1.54, 1.807) is 0 Å². The number of fused-ring (bicyclic) bond motifs is 6. The zero-order chi connectivity index (χ0) is 19.8. The number of nitrogens with zero attached hydrogens (tertiary/aromatic N) is 1. The molecule has 0 spiro atoms. The minimum Gasteiger partial charge on any atom is -0.381 e. The largest absolute Gasteiger partial charge is 0.381 e. The van der Waals surface area contributed by atoms with E-state index in [-0.39, 0.29) is 11.5 Å². The van der Waals surface area contributed by atoms with Crippen molar-refractivity contribution in [1.82, 2.24) is 4.90 Å². The van der Waals surface area contributed by atoms with Crippen LogP contribution in [0, 0.1) is 17.8 Å². The van der Waals surface area contributed by atoms with E-state index < -0.39 is 0 Å². The van der Waals surface area contributed by atoms with Gasteiger partial charge in [0, 0.05) is 35.8 Å². The molecule has 1 aliphatic heterocycles. The molecule has 2 bridgehead atoms. The Labute approximate surface area is 173 Å². The molecule has 1 saturated heterocycles. The van der Waals surface area contributed by atoms with E-state index in [2.05, 4.69) is 66.5 Å². The van der Waals surface area contributed by atoms with Crippen molar-refractivity contribution >= 4 is 11.5 Å². The van der Waals surface area contributed by atoms with E-state index in [1.807, 2.05) is 6.07 Å². The molecule has 3 aliphatic carbocycles. The zero-order valence-corrected chi connectivity index (χ0v) is 17.4. The average Bonchev–Trinajstić information content (AvgIpc) is 3.64. The fraction of sp³-hybridized carbons (Fsp3) is 0.500. The lowest BCUT2D eigenvalue weighted by molar-refractivity contribution is 0.0223. The number of hydrogen-bond donors (Lipinski definition) is 1. The van der Waals surface area contributed by atoms with Crippen molar-refractivity contribution < 1.29 is 4.79 Å². The van der Waals surface area contributed by atoms with Gasteiger partial charge in [0.25, 0.3) is 0 Å². The van der Waals surface area contributed by atoms with E-state index in [9.17, 15) is 4.79 Å². The van der Waals surface area contributed by atoms with Gasteiger partial charge >= 0.3 is 0 Å². The van der Waals surface area contributed by atoms with E-state index >= 15 is 0 Å². The topological polar surface area (TPSA) is 32.3 Å². The molecular formula is C26H30N2O. The Balaban J connectivity index is 1.34. The van der Waals surface area contributed by atoms with Crippen LogP contribution in [0.5, 0.6) is 0 Å². The third kappa shape index (κ3) is 2.63. The first-order chi connectivity index (χ1) is 14.1.